The van der Waals surface area contributed by atoms with Gasteiger partial charge in [-0.05, 0) is 67.4 Å². The van der Waals surface area contributed by atoms with E-state index in [2.05, 4.69) is 21.2 Å². The number of rotatable bonds is 13. The Kier molecular flexibility index (Phi) is 11.1. The third kappa shape index (κ3) is 7.98. The monoisotopic (exact) mass is 649 g/mol. The lowest BCUT2D eigenvalue weighted by Crippen LogP contribution is -2.51. The smallest absolute Gasteiger partial charge is 0.264 e. The largest absolute Gasteiger partial charge is 0.493 e. The quantitative estimate of drug-likeness (QED) is 0.287. The Morgan fingerprint density at radius 1 is 0.976 bits per heavy atom. The van der Waals surface area contributed by atoms with Crippen molar-refractivity contribution in [2.24, 2.45) is 0 Å². The number of amides is 2. The van der Waals surface area contributed by atoms with Gasteiger partial charge in [0, 0.05) is 23.6 Å². The first kappa shape index (κ1) is 31.9. The summed E-state index contributed by atoms with van der Waals surface area (Å²) in [5.74, 6) is -1.06. The number of anilines is 1. The Labute approximate surface area is 248 Å². The zero-order chi connectivity index (χ0) is 30.2. The molecular weight excluding hydrogens is 617 g/mol. The van der Waals surface area contributed by atoms with E-state index in [1.165, 1.54) is 49.5 Å². The van der Waals surface area contributed by atoms with Crippen molar-refractivity contribution in [1.29, 1.82) is 0 Å². The highest BCUT2D eigenvalue weighted by atomic mass is 79.9. The molecule has 0 aliphatic carbocycles. The van der Waals surface area contributed by atoms with Gasteiger partial charge in [-0.25, -0.2) is 12.8 Å². The molecular formula is C29H33BrFN3O6S. The molecule has 0 radical (unpaired) electrons. The minimum Gasteiger partial charge on any atom is -0.493 e. The van der Waals surface area contributed by atoms with Gasteiger partial charge in [0.25, 0.3) is 10.0 Å². The van der Waals surface area contributed by atoms with Crippen LogP contribution in [0.4, 0.5) is 10.1 Å². The average Bonchev–Trinajstić information content (AvgIpc) is 2.97. The SMILES string of the molecule is CCCNC(=O)[C@H](C)N(Cc1ccc(Br)cc1)C(=O)CN(c1ccc(F)cc1)S(=O)(=O)c1ccc(OC)c(OC)c1. The maximum atomic E-state index is 14.0. The van der Waals surface area contributed by atoms with E-state index in [-0.39, 0.29) is 28.8 Å². The van der Waals surface area contributed by atoms with Crippen LogP contribution in [0, 0.1) is 5.82 Å². The number of sulfonamides is 1. The average molecular weight is 651 g/mol. The third-order valence-electron chi connectivity index (χ3n) is 6.32. The van der Waals surface area contributed by atoms with Crippen LogP contribution in [-0.4, -0.2) is 58.5 Å². The van der Waals surface area contributed by atoms with Crippen LogP contribution in [0.25, 0.3) is 0 Å². The number of ether oxygens (including phenoxy) is 2. The lowest BCUT2D eigenvalue weighted by molar-refractivity contribution is -0.139. The Morgan fingerprint density at radius 3 is 2.20 bits per heavy atom. The minimum atomic E-state index is -4.37. The Balaban J connectivity index is 2.05. The molecule has 0 bridgehead atoms. The van der Waals surface area contributed by atoms with E-state index < -0.39 is 34.3 Å². The van der Waals surface area contributed by atoms with Crippen LogP contribution in [0.15, 0.2) is 76.1 Å². The molecule has 0 saturated heterocycles. The van der Waals surface area contributed by atoms with Gasteiger partial charge < -0.3 is 19.7 Å². The first-order valence-electron chi connectivity index (χ1n) is 12.8. The zero-order valence-corrected chi connectivity index (χ0v) is 25.7. The van der Waals surface area contributed by atoms with Crippen molar-refractivity contribution in [3.05, 3.63) is 82.6 Å². The number of carbonyl (C=O) groups excluding carboxylic acids is 2. The predicted octanol–water partition coefficient (Wildman–Crippen LogP) is 4.74. The molecule has 41 heavy (non-hydrogen) atoms. The van der Waals surface area contributed by atoms with Crippen molar-refractivity contribution in [3.63, 3.8) is 0 Å². The lowest BCUT2D eigenvalue weighted by Gasteiger charge is -2.32. The van der Waals surface area contributed by atoms with Crippen molar-refractivity contribution in [2.75, 3.05) is 31.6 Å². The van der Waals surface area contributed by atoms with E-state index in [1.807, 2.05) is 19.1 Å². The predicted molar refractivity (Wildman–Crippen MR) is 158 cm³/mol. The van der Waals surface area contributed by atoms with E-state index in [4.69, 9.17) is 9.47 Å². The third-order valence-corrected chi connectivity index (χ3v) is 8.62. The van der Waals surface area contributed by atoms with Gasteiger partial charge in [0.05, 0.1) is 24.8 Å². The van der Waals surface area contributed by atoms with Crippen molar-refractivity contribution in [1.82, 2.24) is 10.2 Å². The van der Waals surface area contributed by atoms with Crippen molar-refractivity contribution >= 4 is 43.5 Å². The van der Waals surface area contributed by atoms with Crippen LogP contribution in [0.3, 0.4) is 0 Å². The number of hydrogen-bond donors (Lipinski definition) is 1. The number of halogens is 2. The molecule has 3 aromatic carbocycles. The second-order valence-corrected chi connectivity index (χ2v) is 11.9. The highest BCUT2D eigenvalue weighted by Gasteiger charge is 2.33. The fourth-order valence-electron chi connectivity index (χ4n) is 4.01. The maximum absolute atomic E-state index is 14.0. The number of carbonyl (C=O) groups is 2. The molecule has 0 aliphatic heterocycles. The normalized spacial score (nSPS) is 11.9. The van der Waals surface area contributed by atoms with Gasteiger partial charge in [-0.15, -0.1) is 0 Å². The van der Waals surface area contributed by atoms with Gasteiger partial charge in [-0.2, -0.15) is 0 Å². The fraction of sp³-hybridized carbons (Fsp3) is 0.310. The summed E-state index contributed by atoms with van der Waals surface area (Å²) in [6, 6.07) is 15.2. The molecule has 0 aromatic heterocycles. The first-order chi connectivity index (χ1) is 19.5. The summed E-state index contributed by atoms with van der Waals surface area (Å²) in [4.78, 5) is 28.0. The lowest BCUT2D eigenvalue weighted by atomic mass is 10.1. The topological polar surface area (TPSA) is 105 Å². The van der Waals surface area contributed by atoms with Crippen molar-refractivity contribution in [2.45, 2.75) is 37.8 Å². The summed E-state index contributed by atoms with van der Waals surface area (Å²) >= 11 is 3.39. The number of nitrogens with one attached hydrogen (secondary N) is 1. The molecule has 0 fully saturated rings. The second kappa shape index (κ2) is 14.3. The van der Waals surface area contributed by atoms with Crippen LogP contribution >= 0.6 is 15.9 Å². The van der Waals surface area contributed by atoms with E-state index in [9.17, 15) is 22.4 Å². The van der Waals surface area contributed by atoms with Crippen LogP contribution in [-0.2, 0) is 26.2 Å². The van der Waals surface area contributed by atoms with Crippen LogP contribution in [0.2, 0.25) is 0 Å². The molecule has 0 unspecified atom stereocenters. The number of nitrogens with zero attached hydrogens (tertiary/aromatic N) is 2. The molecule has 220 valence electrons. The minimum absolute atomic E-state index is 0.0560. The Morgan fingerprint density at radius 2 is 1.61 bits per heavy atom. The number of hydrogen-bond acceptors (Lipinski definition) is 6. The van der Waals surface area contributed by atoms with Gasteiger partial charge in [0.2, 0.25) is 11.8 Å². The van der Waals surface area contributed by atoms with Gasteiger partial charge in [0.1, 0.15) is 18.4 Å². The summed E-state index contributed by atoms with van der Waals surface area (Å²) in [5, 5.41) is 2.79. The van der Waals surface area contributed by atoms with E-state index >= 15 is 0 Å². The van der Waals surface area contributed by atoms with Crippen LogP contribution in [0.5, 0.6) is 11.5 Å². The first-order valence-corrected chi connectivity index (χ1v) is 15.1. The molecule has 2 amide bonds. The molecule has 0 aliphatic rings. The molecule has 0 saturated carbocycles. The maximum Gasteiger partial charge on any atom is 0.264 e. The summed E-state index contributed by atoms with van der Waals surface area (Å²) < 4.78 is 54.0. The van der Waals surface area contributed by atoms with Crippen molar-refractivity contribution < 1.29 is 31.9 Å². The van der Waals surface area contributed by atoms with Gasteiger partial charge in [-0.1, -0.05) is 35.0 Å². The summed E-state index contributed by atoms with van der Waals surface area (Å²) in [5.41, 5.74) is 0.814. The Bertz CT molecular complexity index is 1450. The van der Waals surface area contributed by atoms with E-state index in [0.29, 0.717) is 18.7 Å². The highest BCUT2D eigenvalue weighted by molar-refractivity contribution is 9.10. The summed E-state index contributed by atoms with van der Waals surface area (Å²) in [6.45, 7) is 3.34. The zero-order valence-electron chi connectivity index (χ0n) is 23.3. The molecule has 1 N–H and O–H groups in total. The molecule has 12 heteroatoms. The molecule has 0 heterocycles. The fourth-order valence-corrected chi connectivity index (χ4v) is 5.70. The van der Waals surface area contributed by atoms with Gasteiger partial charge in [-0.3, -0.25) is 13.9 Å². The molecule has 1 atom stereocenters. The van der Waals surface area contributed by atoms with E-state index in [0.717, 1.165) is 26.5 Å². The highest BCUT2D eigenvalue weighted by Crippen LogP contribution is 2.32. The number of benzene rings is 3. The summed E-state index contributed by atoms with van der Waals surface area (Å²) in [7, 11) is -1.57. The molecule has 9 nitrogen and oxygen atoms in total. The standard InChI is InChI=1S/C29H33BrFN3O6S/c1-5-16-32-29(36)20(2)33(18-21-6-8-22(30)9-7-21)28(35)19-34(24-12-10-23(31)11-13-24)41(37,38)25-14-15-26(39-3)27(17-25)40-4/h6-15,17,20H,5,16,18-19H2,1-4H3,(H,32,36)/t20-/m0/s1. The van der Waals surface area contributed by atoms with Gasteiger partial charge in [0.15, 0.2) is 11.5 Å². The molecule has 0 spiro atoms. The summed E-state index contributed by atoms with van der Waals surface area (Å²) in [6.07, 6.45) is 0.709. The van der Waals surface area contributed by atoms with Crippen molar-refractivity contribution in [3.8, 4) is 11.5 Å². The second-order valence-electron chi connectivity index (χ2n) is 9.12. The van der Waals surface area contributed by atoms with E-state index in [1.54, 1.807) is 19.1 Å². The molecule has 3 aromatic rings. The van der Waals surface area contributed by atoms with Crippen LogP contribution < -0.4 is 19.1 Å². The van der Waals surface area contributed by atoms with Gasteiger partial charge >= 0.3 is 0 Å². The van der Waals surface area contributed by atoms with Crippen LogP contribution in [0.1, 0.15) is 25.8 Å². The number of methoxy groups -OCH3 is 2. The Hall–Kier alpha value is -3.64. The molecule has 3 rings (SSSR count).